The normalized spacial score (nSPS) is 12.3. The zero-order valence-electron chi connectivity index (χ0n) is 41.4. The van der Waals surface area contributed by atoms with Crippen molar-refractivity contribution in [1.29, 1.82) is 0 Å². The summed E-state index contributed by atoms with van der Waals surface area (Å²) in [7, 11) is 0. The van der Waals surface area contributed by atoms with Gasteiger partial charge in [0.25, 0.3) is 0 Å². The Bertz CT molecular complexity index is 3000. The molecule has 0 aliphatic carbocycles. The quantitative estimate of drug-likeness (QED) is 0.107. The molecule has 0 amide bonds. The second kappa shape index (κ2) is 25.1. The van der Waals surface area contributed by atoms with E-state index in [0.29, 0.717) is 55.5 Å². The van der Waals surface area contributed by atoms with Crippen LogP contribution in [0.1, 0.15) is 44.5 Å². The molecule has 0 radical (unpaired) electrons. The number of rotatable bonds is 8. The minimum atomic E-state index is -5.35. The van der Waals surface area contributed by atoms with Gasteiger partial charge in [0, 0.05) is 20.1 Å². The average Bonchev–Trinajstić information content (AvgIpc) is 3.30. The smallest absolute Gasteiger partial charge is 0.195 e. The van der Waals surface area contributed by atoms with Crippen molar-refractivity contribution in [3.05, 3.63) is 234 Å². The Morgan fingerprint density at radius 1 is 0.250 bits per heavy atom. The summed E-state index contributed by atoms with van der Waals surface area (Å²) in [6.07, 6.45) is -25.8. The molecular weight excluding hydrogens is 1140 g/mol. The molecule has 0 fully saturated rings. The number of alkyl halides is 12. The molecule has 0 bridgehead atoms. The van der Waals surface area contributed by atoms with Crippen LogP contribution in [-0.4, -0.2) is 12.3 Å². The summed E-state index contributed by atoms with van der Waals surface area (Å²) in [5.41, 5.74) is -2.49. The molecule has 0 heterocycles. The largest absolute Gasteiger partial charge is 1.00 e. The van der Waals surface area contributed by atoms with Gasteiger partial charge in [-0.1, -0.05) is 172 Å². The maximum absolute atomic E-state index is 14.2. The Labute approximate surface area is 537 Å². The van der Waals surface area contributed by atoms with E-state index in [0.717, 1.165) is 46.1 Å². The van der Waals surface area contributed by atoms with Crippen LogP contribution < -0.4 is 146 Å². The molecule has 384 valence electrons. The summed E-state index contributed by atoms with van der Waals surface area (Å²) < 4.78 is 170. The average molecular weight is 1180 g/mol. The van der Waals surface area contributed by atoms with Crippen LogP contribution in [0.15, 0.2) is 170 Å². The van der Waals surface area contributed by atoms with Crippen molar-refractivity contribution in [2.75, 3.05) is 0 Å². The van der Waals surface area contributed by atoms with Gasteiger partial charge in [-0.15, -0.1) is 0 Å². The van der Waals surface area contributed by atoms with Gasteiger partial charge in [-0.2, -0.15) is 96.4 Å². The number of aryl methyl sites for hydroxylation is 4. The number of halogens is 16. The monoisotopic (exact) mass is 1180 g/mol. The van der Waals surface area contributed by atoms with E-state index in [1.165, 1.54) is 26.0 Å². The van der Waals surface area contributed by atoms with E-state index in [1.807, 2.05) is 48.5 Å². The summed E-state index contributed by atoms with van der Waals surface area (Å²) in [5.74, 6) is 0. The zero-order chi connectivity index (χ0) is 54.3. The third kappa shape index (κ3) is 14.3. The van der Waals surface area contributed by atoms with Crippen molar-refractivity contribution in [3.63, 3.8) is 0 Å². The van der Waals surface area contributed by atoms with Crippen LogP contribution in [0.5, 0.6) is 0 Å². The van der Waals surface area contributed by atoms with Gasteiger partial charge in [0.1, 0.15) is 12.3 Å². The van der Waals surface area contributed by atoms with E-state index >= 15 is 0 Å². The predicted octanol–water partition coefficient (Wildman–Crippen LogP) is 8.06. The van der Waals surface area contributed by atoms with Crippen LogP contribution in [0.4, 0.5) is 52.7 Å². The van der Waals surface area contributed by atoms with E-state index in [9.17, 15) is 52.7 Å². The minimum absolute atomic E-state index is 0. The fourth-order valence-electron chi connectivity index (χ4n) is 10.3. The molecule has 8 aromatic carbocycles. The molecule has 0 spiro atoms. The predicted molar refractivity (Wildman–Crippen MR) is 279 cm³/mol. The van der Waals surface area contributed by atoms with Crippen LogP contribution in [0.3, 0.4) is 0 Å². The summed E-state index contributed by atoms with van der Waals surface area (Å²) in [4.78, 5) is 0. The third-order valence-electron chi connectivity index (χ3n) is 13.2. The first kappa shape index (κ1) is 64.3. The Kier molecular flexibility index (Phi) is 21.2. The summed E-state index contributed by atoms with van der Waals surface area (Å²) in [6, 6.07) is 41.9. The molecule has 0 unspecified atom stereocenters. The molecule has 0 aliphatic rings. The van der Waals surface area contributed by atoms with Crippen molar-refractivity contribution in [2.45, 2.75) is 52.4 Å². The first-order chi connectivity index (χ1) is 34.4. The van der Waals surface area contributed by atoms with Crippen LogP contribution in [0.25, 0.3) is 0 Å². The van der Waals surface area contributed by atoms with E-state index in [4.69, 9.17) is 46.4 Å². The minimum Gasteiger partial charge on any atom is -0.195 e. The van der Waals surface area contributed by atoms with Crippen molar-refractivity contribution in [3.8, 4) is 0 Å². The molecule has 20 heteroatoms. The maximum Gasteiger partial charge on any atom is 1.00 e. The Hall–Kier alpha value is -2.52. The van der Waals surface area contributed by atoms with Gasteiger partial charge in [0.05, 0.1) is 22.3 Å². The molecule has 8 rings (SSSR count). The summed E-state index contributed by atoms with van der Waals surface area (Å²) in [5, 5.41) is 2.78. The van der Waals surface area contributed by atoms with Gasteiger partial charge in [0.15, 0.2) is 0 Å². The molecule has 76 heavy (non-hydrogen) atoms. The standard InChI is InChI=1S/C32H24BF12.C24H16BCl4.2K/c1-17-5-18(2)9-25(8-17)33(26-10-19(3)6-21(13-26)29(34,35)36,27-11-20(4)7-22(14-27)30(37,38)39)28-15-23(31(40,41)42)12-24(16-28)32(43,44)45;26-21-9-1-17(2-10-21)25(18-3-11-22(27)12-4-18,19-5-13-23(28)14-6-19)20-7-15-24(29)16-8-20;;/h5-16H,1-4H3;1-16H;;/q2*-1;2*+1. The van der Waals surface area contributed by atoms with Crippen molar-refractivity contribution in [1.82, 2.24) is 0 Å². The topological polar surface area (TPSA) is 0 Å². The SMILES string of the molecule is Cc1cc(C)cc([B-](c2cc(C)cc(C(F)(F)F)c2)(c2cc(C)cc(C(F)(F)F)c2)c2cc(C(F)(F)F)cc(C(F)(F)F)c2)c1.Clc1ccc([B-](c2ccc(Cl)cc2)(c2ccc(Cl)cc2)c2ccc(Cl)cc2)cc1.[K+].[K+]. The van der Waals surface area contributed by atoms with Crippen LogP contribution in [0.2, 0.25) is 20.1 Å². The zero-order valence-corrected chi connectivity index (χ0v) is 50.6. The van der Waals surface area contributed by atoms with Gasteiger partial charge in [-0.3, -0.25) is 0 Å². The van der Waals surface area contributed by atoms with Gasteiger partial charge in [-0.25, -0.2) is 0 Å². The molecule has 0 N–H and O–H groups in total. The number of hydrogen-bond acceptors (Lipinski definition) is 0. The molecule has 0 nitrogen and oxygen atoms in total. The van der Waals surface area contributed by atoms with Crippen molar-refractivity contribution >= 4 is 102 Å². The number of benzene rings is 8. The molecular formula is C56H40B2Cl4F12K2. The summed E-state index contributed by atoms with van der Waals surface area (Å²) >= 11 is 24.9. The van der Waals surface area contributed by atoms with E-state index in [1.54, 1.807) is 19.9 Å². The van der Waals surface area contributed by atoms with Crippen molar-refractivity contribution in [2.24, 2.45) is 0 Å². The van der Waals surface area contributed by atoms with Crippen LogP contribution in [-0.2, 0) is 24.7 Å². The maximum atomic E-state index is 14.2. The van der Waals surface area contributed by atoms with E-state index in [-0.39, 0.29) is 125 Å². The van der Waals surface area contributed by atoms with Gasteiger partial charge < -0.3 is 0 Å². The Balaban J connectivity index is 0.000000297. The van der Waals surface area contributed by atoms with Gasteiger partial charge >= 0.3 is 127 Å². The molecule has 0 saturated carbocycles. The Morgan fingerprint density at radius 3 is 0.671 bits per heavy atom. The van der Waals surface area contributed by atoms with E-state index in [2.05, 4.69) is 48.5 Å². The molecule has 0 atom stereocenters. The first-order valence-corrected chi connectivity index (χ1v) is 24.1. The first-order valence-electron chi connectivity index (χ1n) is 22.5. The fourth-order valence-corrected chi connectivity index (χ4v) is 10.8. The van der Waals surface area contributed by atoms with Crippen LogP contribution in [0, 0.1) is 27.7 Å². The molecule has 0 aliphatic heterocycles. The summed E-state index contributed by atoms with van der Waals surface area (Å²) in [6.45, 7) is 5.57. The van der Waals surface area contributed by atoms with Gasteiger partial charge in [0.2, 0.25) is 0 Å². The second-order valence-electron chi connectivity index (χ2n) is 18.5. The molecule has 8 aromatic rings. The molecule has 0 aromatic heterocycles. The third-order valence-corrected chi connectivity index (χ3v) is 14.2. The number of hydrogen-bond donors (Lipinski definition) is 0. The van der Waals surface area contributed by atoms with Crippen LogP contribution >= 0.6 is 46.4 Å². The van der Waals surface area contributed by atoms with E-state index < -0.39 is 75.6 Å². The molecule has 0 saturated heterocycles. The van der Waals surface area contributed by atoms with Gasteiger partial charge in [-0.05, 0) is 94.4 Å². The van der Waals surface area contributed by atoms with Crippen molar-refractivity contribution < 1.29 is 155 Å². The fraction of sp³-hybridized carbons (Fsp3) is 0.143. The second-order valence-corrected chi connectivity index (χ2v) is 20.2. The Morgan fingerprint density at radius 2 is 0.434 bits per heavy atom.